The largest absolute Gasteiger partial charge is 0.477 e. The Labute approximate surface area is 337 Å². The van der Waals surface area contributed by atoms with E-state index in [-0.39, 0.29) is 36.7 Å². The number of aliphatic carboxylic acids is 1. The molecule has 0 amide bonds. The Balaban J connectivity index is 4.46. The summed E-state index contributed by atoms with van der Waals surface area (Å²) in [6, 6.07) is -0.631. The molecule has 0 saturated heterocycles. The summed E-state index contributed by atoms with van der Waals surface area (Å²) in [5, 5.41) is 9.61. The van der Waals surface area contributed by atoms with Gasteiger partial charge in [0.05, 0.1) is 40.8 Å². The predicted octanol–water partition coefficient (Wildman–Crippen LogP) is 11.8. The summed E-state index contributed by atoms with van der Waals surface area (Å²) in [6.07, 6.45) is 45.8. The molecule has 0 aromatic heterocycles. The zero-order valence-electron chi connectivity index (χ0n) is 35.9. The number of carbonyl (C=O) groups is 3. The number of nitrogens with zero attached hydrogens (tertiary/aromatic N) is 1. The predicted molar refractivity (Wildman–Crippen MR) is 229 cm³/mol. The molecule has 2 atom stereocenters. The van der Waals surface area contributed by atoms with E-state index >= 15 is 0 Å². The molecule has 8 nitrogen and oxygen atoms in total. The van der Waals surface area contributed by atoms with Gasteiger partial charge in [0, 0.05) is 12.8 Å². The second-order valence-corrected chi connectivity index (χ2v) is 15.6. The SMILES string of the molecule is CC/C=C\C/C=C\C/C=C\C/C=C\C/C=C\CC(=O)OC(COCCC(C(=O)O)[N+](C)(C)C)COC(=O)CCCCCCCCCCCCCCCCCC. The summed E-state index contributed by atoms with van der Waals surface area (Å²) in [5.74, 6) is -1.63. The van der Waals surface area contributed by atoms with E-state index in [0.717, 1.165) is 44.9 Å². The molecule has 0 saturated carbocycles. The lowest BCUT2D eigenvalue weighted by atomic mass is 10.0. The summed E-state index contributed by atoms with van der Waals surface area (Å²) >= 11 is 0. The summed E-state index contributed by atoms with van der Waals surface area (Å²) in [7, 11) is 5.49. The van der Waals surface area contributed by atoms with E-state index in [2.05, 4.69) is 62.5 Å². The molecule has 0 spiro atoms. The Kier molecular flexibility index (Phi) is 35.9. The fraction of sp³-hybridized carbons (Fsp3) is 0.723. The van der Waals surface area contributed by atoms with E-state index in [9.17, 15) is 19.5 Å². The highest BCUT2D eigenvalue weighted by Gasteiger charge is 2.31. The van der Waals surface area contributed by atoms with Crippen molar-refractivity contribution < 1.29 is 38.2 Å². The van der Waals surface area contributed by atoms with Gasteiger partial charge in [-0.3, -0.25) is 9.59 Å². The highest BCUT2D eigenvalue weighted by Crippen LogP contribution is 2.15. The quantitative estimate of drug-likeness (QED) is 0.0289. The van der Waals surface area contributed by atoms with Crippen molar-refractivity contribution in [2.24, 2.45) is 0 Å². The lowest BCUT2D eigenvalue weighted by molar-refractivity contribution is -0.887. The Morgan fingerprint density at radius 3 is 1.44 bits per heavy atom. The second kappa shape index (κ2) is 37.9. The van der Waals surface area contributed by atoms with E-state index in [4.69, 9.17) is 14.2 Å². The van der Waals surface area contributed by atoms with Gasteiger partial charge < -0.3 is 23.8 Å². The molecule has 8 heteroatoms. The molecular formula is C47H82NO7+. The van der Waals surface area contributed by atoms with E-state index in [1.54, 1.807) is 6.08 Å². The van der Waals surface area contributed by atoms with Crippen LogP contribution in [0.4, 0.5) is 0 Å². The van der Waals surface area contributed by atoms with Gasteiger partial charge >= 0.3 is 17.9 Å². The maximum atomic E-state index is 12.6. The van der Waals surface area contributed by atoms with Crippen molar-refractivity contribution in [2.75, 3.05) is 41.0 Å². The number of hydrogen-bond acceptors (Lipinski definition) is 6. The van der Waals surface area contributed by atoms with Gasteiger partial charge in [-0.25, -0.2) is 4.79 Å². The number of ether oxygens (including phenoxy) is 3. The molecule has 0 aliphatic heterocycles. The van der Waals surface area contributed by atoms with Crippen LogP contribution in [0.5, 0.6) is 0 Å². The summed E-state index contributed by atoms with van der Waals surface area (Å²) in [6.45, 7) is 4.51. The van der Waals surface area contributed by atoms with E-state index in [1.807, 2.05) is 27.2 Å². The summed E-state index contributed by atoms with van der Waals surface area (Å²) < 4.78 is 17.1. The smallest absolute Gasteiger partial charge is 0.362 e. The number of unbranched alkanes of at least 4 members (excludes halogenated alkanes) is 15. The molecule has 55 heavy (non-hydrogen) atoms. The first kappa shape index (κ1) is 52.0. The molecule has 2 unspecified atom stereocenters. The Bertz CT molecular complexity index is 1090. The maximum absolute atomic E-state index is 12.6. The molecule has 1 N–H and O–H groups in total. The number of likely N-dealkylation sites (N-methyl/N-ethyl adjacent to an activating group) is 1. The Morgan fingerprint density at radius 2 is 1.00 bits per heavy atom. The summed E-state index contributed by atoms with van der Waals surface area (Å²) in [4.78, 5) is 36.9. The monoisotopic (exact) mass is 773 g/mol. The van der Waals surface area contributed by atoms with Gasteiger partial charge in [0.15, 0.2) is 12.1 Å². The number of carboxylic acids is 1. The number of esters is 2. The van der Waals surface area contributed by atoms with Crippen molar-refractivity contribution in [3.05, 3.63) is 60.8 Å². The molecule has 0 aromatic carbocycles. The van der Waals surface area contributed by atoms with Crippen molar-refractivity contribution >= 4 is 17.9 Å². The van der Waals surface area contributed by atoms with E-state index in [0.29, 0.717) is 19.3 Å². The van der Waals surface area contributed by atoms with Crippen LogP contribution in [0.2, 0.25) is 0 Å². The number of hydrogen-bond donors (Lipinski definition) is 1. The fourth-order valence-electron chi connectivity index (χ4n) is 6.11. The van der Waals surface area contributed by atoms with E-state index in [1.165, 1.54) is 83.5 Å². The Hall–Kier alpha value is -2.97. The highest BCUT2D eigenvalue weighted by atomic mass is 16.6. The van der Waals surface area contributed by atoms with Crippen LogP contribution in [0, 0.1) is 0 Å². The van der Waals surface area contributed by atoms with Gasteiger partial charge in [0.25, 0.3) is 0 Å². The molecule has 0 aromatic rings. The minimum Gasteiger partial charge on any atom is -0.477 e. The normalized spacial score (nSPS) is 13.5. The van der Waals surface area contributed by atoms with Crippen molar-refractivity contribution in [3.8, 4) is 0 Å². The fourth-order valence-corrected chi connectivity index (χ4v) is 6.11. The molecule has 0 bridgehead atoms. The van der Waals surface area contributed by atoms with Crippen LogP contribution in [0.25, 0.3) is 0 Å². The van der Waals surface area contributed by atoms with Crippen LogP contribution < -0.4 is 0 Å². The van der Waals surface area contributed by atoms with Crippen LogP contribution in [-0.4, -0.2) is 80.6 Å². The van der Waals surface area contributed by atoms with Gasteiger partial charge in [-0.1, -0.05) is 171 Å². The van der Waals surface area contributed by atoms with Gasteiger partial charge in [-0.05, 0) is 38.5 Å². The van der Waals surface area contributed by atoms with Crippen LogP contribution in [-0.2, 0) is 28.6 Å². The topological polar surface area (TPSA) is 99.1 Å². The third kappa shape index (κ3) is 36.4. The van der Waals surface area contributed by atoms with Crippen molar-refractivity contribution in [1.29, 1.82) is 0 Å². The minimum atomic E-state index is -0.890. The molecule has 0 aliphatic rings. The van der Waals surface area contributed by atoms with Gasteiger partial charge in [-0.15, -0.1) is 0 Å². The average Bonchev–Trinajstić information content (AvgIpc) is 3.14. The molecule has 0 radical (unpaired) electrons. The number of carboxylic acid groups (broad SMARTS) is 1. The Morgan fingerprint density at radius 1 is 0.564 bits per heavy atom. The van der Waals surface area contributed by atoms with Crippen LogP contribution in [0.15, 0.2) is 60.8 Å². The molecule has 0 rings (SSSR count). The van der Waals surface area contributed by atoms with Gasteiger partial charge in [0.1, 0.15) is 6.61 Å². The van der Waals surface area contributed by atoms with Crippen molar-refractivity contribution in [2.45, 2.75) is 180 Å². The first-order valence-corrected chi connectivity index (χ1v) is 21.8. The van der Waals surface area contributed by atoms with Crippen molar-refractivity contribution in [3.63, 3.8) is 0 Å². The van der Waals surface area contributed by atoms with E-state index < -0.39 is 24.1 Å². The third-order valence-corrected chi connectivity index (χ3v) is 9.46. The molecule has 0 heterocycles. The number of rotatable bonds is 38. The first-order chi connectivity index (χ1) is 26.6. The molecule has 316 valence electrons. The minimum absolute atomic E-state index is 0.0210. The highest BCUT2D eigenvalue weighted by molar-refractivity contribution is 5.72. The van der Waals surface area contributed by atoms with Gasteiger partial charge in [-0.2, -0.15) is 0 Å². The van der Waals surface area contributed by atoms with Crippen LogP contribution >= 0.6 is 0 Å². The van der Waals surface area contributed by atoms with Gasteiger partial charge in [0.2, 0.25) is 0 Å². The standard InChI is InChI=1S/C47H81NO7/c1-6-8-10-12-14-16-18-20-22-24-25-27-29-31-33-35-37-45(49)54-42-43(41-53-40-39-44(47(51)52)48(3,4)5)55-46(50)38-36-34-32-30-28-26-23-21-19-17-15-13-11-9-7-2/h9,11,15,17,21,23,28,30,34,36,43-44H,6-8,10,12-14,16,18-20,22,24-27,29,31-33,35,37-42H2,1-5H3/p+1/b11-9-,17-15-,23-21-,30-28-,36-34-. The van der Waals surface area contributed by atoms with Crippen molar-refractivity contribution in [1.82, 2.24) is 0 Å². The number of allylic oxidation sites excluding steroid dienone is 9. The molecule has 0 aliphatic carbocycles. The number of quaternary nitrogens is 1. The lowest BCUT2D eigenvalue weighted by Gasteiger charge is -2.31. The zero-order valence-corrected chi connectivity index (χ0v) is 35.9. The summed E-state index contributed by atoms with van der Waals surface area (Å²) in [5.41, 5.74) is 0. The average molecular weight is 773 g/mol. The first-order valence-electron chi connectivity index (χ1n) is 21.8. The zero-order chi connectivity index (χ0) is 40.7. The van der Waals surface area contributed by atoms with Crippen LogP contribution in [0.1, 0.15) is 168 Å². The second-order valence-electron chi connectivity index (χ2n) is 15.6. The number of carbonyl (C=O) groups excluding carboxylic acids is 2. The lowest BCUT2D eigenvalue weighted by Crippen LogP contribution is -2.50. The maximum Gasteiger partial charge on any atom is 0.362 e. The third-order valence-electron chi connectivity index (χ3n) is 9.46. The molecular weight excluding hydrogens is 691 g/mol. The molecule has 0 fully saturated rings. The van der Waals surface area contributed by atoms with Crippen LogP contribution in [0.3, 0.4) is 0 Å².